The van der Waals surface area contributed by atoms with Gasteiger partial charge < -0.3 is 11.1 Å². The molecule has 16 heavy (non-hydrogen) atoms. The molecule has 4 heteroatoms. The van der Waals surface area contributed by atoms with Crippen molar-refractivity contribution in [1.82, 2.24) is 0 Å². The number of hydrogen-bond donors (Lipinski definition) is 2. The molecule has 1 heterocycles. The molecular formula is C12H12N2OS. The summed E-state index contributed by atoms with van der Waals surface area (Å²) in [6.07, 6.45) is 0. The lowest BCUT2D eigenvalue weighted by Crippen LogP contribution is -2.07. The van der Waals surface area contributed by atoms with Gasteiger partial charge in [-0.15, -0.1) is 0 Å². The van der Waals surface area contributed by atoms with E-state index < -0.39 is 0 Å². The Bertz CT molecular complexity index is 506. The zero-order chi connectivity index (χ0) is 11.5. The first-order chi connectivity index (χ1) is 7.66. The van der Waals surface area contributed by atoms with Gasteiger partial charge in [-0.25, -0.2) is 0 Å². The second kappa shape index (κ2) is 4.37. The van der Waals surface area contributed by atoms with Gasteiger partial charge in [0.2, 0.25) is 5.91 Å². The second-order valence-corrected chi connectivity index (χ2v) is 4.28. The van der Waals surface area contributed by atoms with E-state index in [1.807, 2.05) is 23.6 Å². The highest BCUT2D eigenvalue weighted by Gasteiger charge is 2.04. The normalized spacial score (nSPS) is 10.1. The SMILES string of the molecule is CC(=O)Nc1cc(-c2ccsc2)ccc1N. The summed E-state index contributed by atoms with van der Waals surface area (Å²) in [6, 6.07) is 7.67. The fraction of sp³-hybridized carbons (Fsp3) is 0.0833. The zero-order valence-corrected chi connectivity index (χ0v) is 9.67. The molecule has 3 N–H and O–H groups in total. The molecule has 1 aromatic carbocycles. The molecule has 0 saturated heterocycles. The van der Waals surface area contributed by atoms with Crippen molar-refractivity contribution in [1.29, 1.82) is 0 Å². The maximum Gasteiger partial charge on any atom is 0.221 e. The summed E-state index contributed by atoms with van der Waals surface area (Å²) < 4.78 is 0. The number of amides is 1. The van der Waals surface area contributed by atoms with E-state index in [0.717, 1.165) is 11.1 Å². The van der Waals surface area contributed by atoms with Gasteiger partial charge in [-0.05, 0) is 40.1 Å². The van der Waals surface area contributed by atoms with Crippen LogP contribution in [0.2, 0.25) is 0 Å². The van der Waals surface area contributed by atoms with Crippen LogP contribution in [-0.4, -0.2) is 5.91 Å². The van der Waals surface area contributed by atoms with Gasteiger partial charge in [0.05, 0.1) is 11.4 Å². The van der Waals surface area contributed by atoms with Crippen molar-refractivity contribution in [2.24, 2.45) is 0 Å². The third-order valence-electron chi connectivity index (χ3n) is 2.22. The summed E-state index contributed by atoms with van der Waals surface area (Å²) >= 11 is 1.64. The smallest absolute Gasteiger partial charge is 0.221 e. The minimum absolute atomic E-state index is 0.117. The van der Waals surface area contributed by atoms with Crippen LogP contribution in [0.25, 0.3) is 11.1 Å². The number of nitrogens with one attached hydrogen (secondary N) is 1. The summed E-state index contributed by atoms with van der Waals surface area (Å²) in [4.78, 5) is 11.0. The van der Waals surface area contributed by atoms with Crippen molar-refractivity contribution in [3.05, 3.63) is 35.0 Å². The predicted octanol–water partition coefficient (Wildman–Crippen LogP) is 2.96. The van der Waals surface area contributed by atoms with Gasteiger partial charge in [0.1, 0.15) is 0 Å². The monoisotopic (exact) mass is 232 g/mol. The molecule has 1 aromatic heterocycles. The Kier molecular flexibility index (Phi) is 2.92. The van der Waals surface area contributed by atoms with Gasteiger partial charge in [-0.1, -0.05) is 6.07 Å². The molecule has 0 fully saturated rings. The molecule has 1 amide bonds. The Morgan fingerprint density at radius 1 is 1.31 bits per heavy atom. The van der Waals surface area contributed by atoms with E-state index in [9.17, 15) is 4.79 Å². The van der Waals surface area contributed by atoms with E-state index in [0.29, 0.717) is 11.4 Å². The van der Waals surface area contributed by atoms with Crippen molar-refractivity contribution in [3.8, 4) is 11.1 Å². The molecule has 0 spiro atoms. The van der Waals surface area contributed by atoms with Crippen molar-refractivity contribution < 1.29 is 4.79 Å². The Balaban J connectivity index is 2.39. The second-order valence-electron chi connectivity index (χ2n) is 3.50. The number of hydrogen-bond acceptors (Lipinski definition) is 3. The van der Waals surface area contributed by atoms with Gasteiger partial charge in [0, 0.05) is 6.92 Å². The highest BCUT2D eigenvalue weighted by Crippen LogP contribution is 2.28. The first kappa shape index (κ1) is 10.7. The number of anilines is 2. The lowest BCUT2D eigenvalue weighted by molar-refractivity contribution is -0.114. The van der Waals surface area contributed by atoms with Crippen LogP contribution >= 0.6 is 11.3 Å². The van der Waals surface area contributed by atoms with E-state index in [1.54, 1.807) is 17.4 Å². The quantitative estimate of drug-likeness (QED) is 0.782. The van der Waals surface area contributed by atoms with Gasteiger partial charge in [-0.3, -0.25) is 4.79 Å². The Morgan fingerprint density at radius 2 is 2.12 bits per heavy atom. The lowest BCUT2D eigenvalue weighted by Gasteiger charge is -2.08. The largest absolute Gasteiger partial charge is 0.397 e. The van der Waals surface area contributed by atoms with Crippen LogP contribution in [0.1, 0.15) is 6.92 Å². The molecule has 0 aliphatic heterocycles. The fourth-order valence-electron chi connectivity index (χ4n) is 1.46. The minimum atomic E-state index is -0.117. The number of carbonyl (C=O) groups excluding carboxylic acids is 1. The molecule has 0 saturated carbocycles. The third kappa shape index (κ3) is 2.23. The van der Waals surface area contributed by atoms with Crippen LogP contribution in [0.15, 0.2) is 35.0 Å². The number of nitrogens with two attached hydrogens (primary N) is 1. The molecule has 0 aliphatic rings. The van der Waals surface area contributed by atoms with E-state index >= 15 is 0 Å². The summed E-state index contributed by atoms with van der Waals surface area (Å²) in [5, 5.41) is 6.79. The van der Waals surface area contributed by atoms with Crippen LogP contribution in [0.4, 0.5) is 11.4 Å². The van der Waals surface area contributed by atoms with Crippen LogP contribution in [-0.2, 0) is 4.79 Å². The number of thiophene rings is 1. The molecule has 0 radical (unpaired) electrons. The van der Waals surface area contributed by atoms with E-state index in [-0.39, 0.29) is 5.91 Å². The molecule has 2 aromatic rings. The van der Waals surface area contributed by atoms with Crippen molar-refractivity contribution in [2.45, 2.75) is 6.92 Å². The predicted molar refractivity (Wildman–Crippen MR) is 68.5 cm³/mol. The highest BCUT2D eigenvalue weighted by molar-refractivity contribution is 7.08. The molecule has 2 rings (SSSR count). The van der Waals surface area contributed by atoms with Crippen molar-refractivity contribution in [3.63, 3.8) is 0 Å². The Morgan fingerprint density at radius 3 is 2.75 bits per heavy atom. The van der Waals surface area contributed by atoms with E-state index in [1.165, 1.54) is 6.92 Å². The maximum atomic E-state index is 11.0. The average molecular weight is 232 g/mol. The molecule has 0 bridgehead atoms. The summed E-state index contributed by atoms with van der Waals surface area (Å²) in [6.45, 7) is 1.47. The molecular weight excluding hydrogens is 220 g/mol. The van der Waals surface area contributed by atoms with Gasteiger partial charge in [-0.2, -0.15) is 11.3 Å². The number of rotatable bonds is 2. The molecule has 0 atom stereocenters. The number of benzene rings is 1. The fourth-order valence-corrected chi connectivity index (χ4v) is 2.13. The van der Waals surface area contributed by atoms with Crippen molar-refractivity contribution >= 4 is 28.6 Å². The topological polar surface area (TPSA) is 55.1 Å². The van der Waals surface area contributed by atoms with E-state index in [2.05, 4.69) is 10.7 Å². The Hall–Kier alpha value is -1.81. The molecule has 82 valence electrons. The van der Waals surface area contributed by atoms with Gasteiger partial charge >= 0.3 is 0 Å². The first-order valence-corrected chi connectivity index (χ1v) is 5.81. The highest BCUT2D eigenvalue weighted by atomic mass is 32.1. The van der Waals surface area contributed by atoms with Crippen LogP contribution in [0, 0.1) is 0 Å². The molecule has 0 unspecified atom stereocenters. The zero-order valence-electron chi connectivity index (χ0n) is 8.86. The van der Waals surface area contributed by atoms with Gasteiger partial charge in [0.25, 0.3) is 0 Å². The number of carbonyl (C=O) groups is 1. The van der Waals surface area contributed by atoms with Crippen LogP contribution in [0.5, 0.6) is 0 Å². The number of nitrogen functional groups attached to an aromatic ring is 1. The summed E-state index contributed by atoms with van der Waals surface area (Å²) in [7, 11) is 0. The first-order valence-electron chi connectivity index (χ1n) is 4.86. The maximum absolute atomic E-state index is 11.0. The summed E-state index contributed by atoms with van der Waals surface area (Å²) in [5.74, 6) is -0.117. The molecule has 3 nitrogen and oxygen atoms in total. The van der Waals surface area contributed by atoms with E-state index in [4.69, 9.17) is 5.73 Å². The van der Waals surface area contributed by atoms with Crippen LogP contribution < -0.4 is 11.1 Å². The molecule has 0 aliphatic carbocycles. The van der Waals surface area contributed by atoms with Gasteiger partial charge in [0.15, 0.2) is 0 Å². The van der Waals surface area contributed by atoms with Crippen molar-refractivity contribution in [2.75, 3.05) is 11.1 Å². The lowest BCUT2D eigenvalue weighted by atomic mass is 10.1. The Labute approximate surface area is 97.9 Å². The van der Waals surface area contributed by atoms with Crippen LogP contribution in [0.3, 0.4) is 0 Å². The average Bonchev–Trinajstić information content (AvgIpc) is 2.73. The minimum Gasteiger partial charge on any atom is -0.397 e. The summed E-state index contributed by atoms with van der Waals surface area (Å²) in [5.41, 5.74) is 9.21. The standard InChI is InChI=1S/C12H12N2OS/c1-8(15)14-12-6-9(2-3-11(12)13)10-4-5-16-7-10/h2-7H,13H2,1H3,(H,14,15). The third-order valence-corrected chi connectivity index (χ3v) is 2.90.